The molecule has 0 radical (unpaired) electrons. The molecule has 0 saturated carbocycles. The number of benzene rings is 2. The lowest BCUT2D eigenvalue weighted by atomic mass is 10.1. The molecule has 0 bridgehead atoms. The molecule has 0 saturated heterocycles. The van der Waals surface area contributed by atoms with Crippen LogP contribution in [0.15, 0.2) is 36.4 Å². The van der Waals surface area contributed by atoms with E-state index in [1.165, 1.54) is 12.1 Å². The summed E-state index contributed by atoms with van der Waals surface area (Å²) in [6.45, 7) is 1.93. The average molecular weight is 251 g/mol. The molecular weight excluding hydrogens is 239 g/mol. The van der Waals surface area contributed by atoms with Crippen LogP contribution in [0.4, 0.5) is 21.5 Å². The van der Waals surface area contributed by atoms with Crippen molar-refractivity contribution in [2.75, 3.05) is 11.1 Å². The number of nitrogens with two attached hydrogens (primary N) is 1. The first-order valence-corrected chi connectivity index (χ1v) is 5.51. The van der Waals surface area contributed by atoms with Gasteiger partial charge in [0.25, 0.3) is 0 Å². The van der Waals surface area contributed by atoms with Crippen LogP contribution >= 0.6 is 11.6 Å². The quantitative estimate of drug-likeness (QED) is 0.787. The van der Waals surface area contributed by atoms with E-state index in [2.05, 4.69) is 5.32 Å². The highest BCUT2D eigenvalue weighted by Crippen LogP contribution is 2.25. The van der Waals surface area contributed by atoms with Crippen LogP contribution in [0.2, 0.25) is 5.02 Å². The summed E-state index contributed by atoms with van der Waals surface area (Å²) >= 11 is 5.78. The van der Waals surface area contributed by atoms with Gasteiger partial charge >= 0.3 is 0 Å². The minimum atomic E-state index is -0.368. The van der Waals surface area contributed by atoms with E-state index in [0.717, 1.165) is 11.3 Å². The van der Waals surface area contributed by atoms with Crippen molar-refractivity contribution in [2.45, 2.75) is 6.92 Å². The summed E-state index contributed by atoms with van der Waals surface area (Å²) < 4.78 is 13.2. The number of nitrogens with one attached hydrogen (secondary N) is 1. The van der Waals surface area contributed by atoms with Gasteiger partial charge in [0.15, 0.2) is 0 Å². The van der Waals surface area contributed by atoms with E-state index in [1.54, 1.807) is 12.1 Å². The van der Waals surface area contributed by atoms with Gasteiger partial charge in [0.05, 0.1) is 0 Å². The summed E-state index contributed by atoms with van der Waals surface area (Å²) in [6.07, 6.45) is 0. The molecule has 0 aromatic heterocycles. The fraction of sp³-hybridized carbons (Fsp3) is 0.0769. The third kappa shape index (κ3) is 2.88. The Balaban J connectivity index is 2.31. The molecule has 0 spiro atoms. The predicted octanol–water partition coefficient (Wildman–Crippen LogP) is 4.11. The van der Waals surface area contributed by atoms with E-state index >= 15 is 0 Å². The third-order valence-electron chi connectivity index (χ3n) is 2.39. The van der Waals surface area contributed by atoms with Gasteiger partial charge in [-0.3, -0.25) is 0 Å². The van der Waals surface area contributed by atoms with Gasteiger partial charge in [-0.2, -0.15) is 0 Å². The minimum Gasteiger partial charge on any atom is -0.399 e. The van der Waals surface area contributed by atoms with Crippen molar-refractivity contribution in [1.29, 1.82) is 0 Å². The first-order valence-electron chi connectivity index (χ1n) is 5.14. The zero-order chi connectivity index (χ0) is 12.4. The molecule has 0 heterocycles. The molecule has 17 heavy (non-hydrogen) atoms. The molecule has 4 heteroatoms. The predicted molar refractivity (Wildman–Crippen MR) is 70.3 cm³/mol. The molecule has 0 atom stereocenters. The van der Waals surface area contributed by atoms with E-state index < -0.39 is 0 Å². The van der Waals surface area contributed by atoms with Gasteiger partial charge in [0.1, 0.15) is 5.82 Å². The van der Waals surface area contributed by atoms with E-state index in [4.69, 9.17) is 17.3 Å². The Morgan fingerprint density at radius 3 is 2.59 bits per heavy atom. The second-order valence-electron chi connectivity index (χ2n) is 3.86. The largest absolute Gasteiger partial charge is 0.399 e. The summed E-state index contributed by atoms with van der Waals surface area (Å²) in [7, 11) is 0. The van der Waals surface area contributed by atoms with Gasteiger partial charge < -0.3 is 11.1 Å². The Morgan fingerprint density at radius 2 is 1.94 bits per heavy atom. The van der Waals surface area contributed by atoms with Crippen molar-refractivity contribution in [3.05, 3.63) is 52.8 Å². The fourth-order valence-electron chi connectivity index (χ4n) is 1.61. The Morgan fingerprint density at radius 1 is 1.18 bits per heavy atom. The van der Waals surface area contributed by atoms with Gasteiger partial charge in [-0.05, 0) is 48.9 Å². The van der Waals surface area contributed by atoms with Crippen molar-refractivity contribution in [3.8, 4) is 0 Å². The Bertz CT molecular complexity index is 535. The average Bonchev–Trinajstić information content (AvgIpc) is 2.21. The van der Waals surface area contributed by atoms with Gasteiger partial charge in [-0.15, -0.1) is 0 Å². The number of hydrogen-bond acceptors (Lipinski definition) is 2. The molecule has 0 fully saturated rings. The number of rotatable bonds is 2. The van der Waals surface area contributed by atoms with Crippen molar-refractivity contribution in [1.82, 2.24) is 0 Å². The Labute approximate surface area is 104 Å². The number of anilines is 3. The minimum absolute atomic E-state index is 0.362. The molecule has 2 nitrogen and oxygen atoms in total. The van der Waals surface area contributed by atoms with E-state index in [9.17, 15) is 4.39 Å². The molecule has 0 unspecified atom stereocenters. The highest BCUT2D eigenvalue weighted by molar-refractivity contribution is 6.30. The van der Waals surface area contributed by atoms with Crippen LogP contribution in [-0.4, -0.2) is 0 Å². The zero-order valence-electron chi connectivity index (χ0n) is 9.30. The normalized spacial score (nSPS) is 10.3. The summed E-state index contributed by atoms with van der Waals surface area (Å²) in [4.78, 5) is 0. The van der Waals surface area contributed by atoms with Crippen LogP contribution in [0.25, 0.3) is 0 Å². The van der Waals surface area contributed by atoms with Gasteiger partial charge in [0, 0.05) is 22.1 Å². The monoisotopic (exact) mass is 250 g/mol. The molecule has 0 amide bonds. The molecule has 2 rings (SSSR count). The molecule has 88 valence electrons. The van der Waals surface area contributed by atoms with E-state index in [1.807, 2.05) is 19.1 Å². The van der Waals surface area contributed by atoms with Gasteiger partial charge in [-0.1, -0.05) is 11.6 Å². The number of nitrogen functional groups attached to an aromatic ring is 1. The van der Waals surface area contributed by atoms with Crippen molar-refractivity contribution in [3.63, 3.8) is 0 Å². The number of aryl methyl sites for hydroxylation is 1. The first kappa shape index (κ1) is 11.7. The van der Waals surface area contributed by atoms with Crippen LogP contribution in [0.5, 0.6) is 0 Å². The van der Waals surface area contributed by atoms with E-state index in [-0.39, 0.29) is 5.82 Å². The Kier molecular flexibility index (Phi) is 3.20. The molecule has 0 aliphatic carbocycles. The lowest BCUT2D eigenvalue weighted by molar-refractivity contribution is 0.628. The smallest absolute Gasteiger partial charge is 0.126 e. The lowest BCUT2D eigenvalue weighted by Crippen LogP contribution is -1.95. The topological polar surface area (TPSA) is 38.0 Å². The highest BCUT2D eigenvalue weighted by atomic mass is 35.5. The Hall–Kier alpha value is -1.74. The maximum absolute atomic E-state index is 13.2. The molecule has 2 aromatic rings. The SMILES string of the molecule is Cc1cc(N)ccc1Nc1cc(F)cc(Cl)c1. The van der Waals surface area contributed by atoms with Crippen LogP contribution in [0.1, 0.15) is 5.56 Å². The third-order valence-corrected chi connectivity index (χ3v) is 2.61. The molecule has 0 aliphatic rings. The van der Waals surface area contributed by atoms with Crippen LogP contribution < -0.4 is 11.1 Å². The van der Waals surface area contributed by atoms with Crippen molar-refractivity contribution in [2.24, 2.45) is 0 Å². The summed E-state index contributed by atoms with van der Waals surface area (Å²) in [5.41, 5.74) is 8.84. The highest BCUT2D eigenvalue weighted by Gasteiger charge is 2.02. The molecular formula is C13H12ClFN2. The second kappa shape index (κ2) is 4.63. The van der Waals surface area contributed by atoms with Crippen molar-refractivity contribution >= 4 is 28.7 Å². The molecule has 2 aromatic carbocycles. The zero-order valence-corrected chi connectivity index (χ0v) is 10.1. The maximum atomic E-state index is 13.2. The number of hydrogen-bond donors (Lipinski definition) is 2. The first-order chi connectivity index (χ1) is 8.04. The molecule has 3 N–H and O–H groups in total. The standard InChI is InChI=1S/C13H12ClFN2/c1-8-4-11(16)2-3-13(8)17-12-6-9(14)5-10(15)7-12/h2-7,17H,16H2,1H3. The summed E-state index contributed by atoms with van der Waals surface area (Å²) in [5.74, 6) is -0.368. The van der Waals surface area contributed by atoms with Crippen LogP contribution in [0, 0.1) is 12.7 Å². The van der Waals surface area contributed by atoms with Gasteiger partial charge in [0.2, 0.25) is 0 Å². The summed E-state index contributed by atoms with van der Waals surface area (Å²) in [5, 5.41) is 3.46. The fourth-order valence-corrected chi connectivity index (χ4v) is 1.83. The summed E-state index contributed by atoms with van der Waals surface area (Å²) in [6, 6.07) is 9.81. The van der Waals surface area contributed by atoms with Crippen LogP contribution in [-0.2, 0) is 0 Å². The molecule has 0 aliphatic heterocycles. The maximum Gasteiger partial charge on any atom is 0.126 e. The van der Waals surface area contributed by atoms with Crippen LogP contribution in [0.3, 0.4) is 0 Å². The van der Waals surface area contributed by atoms with E-state index in [0.29, 0.717) is 16.4 Å². The second-order valence-corrected chi connectivity index (χ2v) is 4.29. The number of halogens is 2. The lowest BCUT2D eigenvalue weighted by Gasteiger charge is -2.10. The van der Waals surface area contributed by atoms with Gasteiger partial charge in [-0.25, -0.2) is 4.39 Å². The van der Waals surface area contributed by atoms with Crippen molar-refractivity contribution < 1.29 is 4.39 Å².